The lowest BCUT2D eigenvalue weighted by Crippen LogP contribution is -2.34. The van der Waals surface area contributed by atoms with E-state index in [0.717, 1.165) is 15.2 Å². The Bertz CT molecular complexity index is 603. The molecule has 1 aliphatic rings. The van der Waals surface area contributed by atoms with E-state index in [0.29, 0.717) is 12.0 Å². The number of benzene rings is 2. The molecule has 2 aromatic rings. The summed E-state index contributed by atoms with van der Waals surface area (Å²) in [5.74, 6) is 0.686. The molecule has 2 aromatic carbocycles. The van der Waals surface area contributed by atoms with Gasteiger partial charge < -0.3 is 5.32 Å². The Labute approximate surface area is 133 Å². The summed E-state index contributed by atoms with van der Waals surface area (Å²) in [4.78, 5) is 0. The zero-order chi connectivity index (χ0) is 14.1. The van der Waals surface area contributed by atoms with Gasteiger partial charge >= 0.3 is 0 Å². The maximum absolute atomic E-state index is 6.04. The Morgan fingerprint density at radius 2 is 1.80 bits per heavy atom. The summed E-state index contributed by atoms with van der Waals surface area (Å²) in [5.41, 5.74) is 3.87. The highest BCUT2D eigenvalue weighted by Gasteiger charge is 2.30. The summed E-state index contributed by atoms with van der Waals surface area (Å²) in [6.07, 6.45) is 2.37. The molecule has 0 unspecified atom stereocenters. The first-order valence-electron chi connectivity index (χ1n) is 6.90. The highest BCUT2D eigenvalue weighted by atomic mass is 79.9. The minimum atomic E-state index is 0.538. The first kappa shape index (κ1) is 14.0. The maximum atomic E-state index is 6.04. The fourth-order valence-electron chi connectivity index (χ4n) is 2.67. The average molecular weight is 351 g/mol. The fraction of sp³-hybridized carbons (Fsp3) is 0.294. The van der Waals surface area contributed by atoms with Crippen LogP contribution < -0.4 is 5.32 Å². The third-order valence-corrected chi connectivity index (χ3v) is 4.90. The molecule has 0 aromatic heterocycles. The lowest BCUT2D eigenvalue weighted by atomic mass is 9.75. The van der Waals surface area contributed by atoms with Crippen LogP contribution in [0, 0.1) is 6.92 Å². The van der Waals surface area contributed by atoms with Crippen LogP contribution in [0.25, 0.3) is 0 Å². The van der Waals surface area contributed by atoms with Crippen LogP contribution >= 0.6 is 27.5 Å². The van der Waals surface area contributed by atoms with Gasteiger partial charge in [0.25, 0.3) is 0 Å². The Kier molecular flexibility index (Phi) is 4.04. The average Bonchev–Trinajstić information content (AvgIpc) is 2.39. The van der Waals surface area contributed by atoms with Gasteiger partial charge in [0.05, 0.1) is 5.69 Å². The minimum absolute atomic E-state index is 0.538. The van der Waals surface area contributed by atoms with E-state index in [1.54, 1.807) is 0 Å². The molecule has 0 aliphatic heterocycles. The van der Waals surface area contributed by atoms with E-state index >= 15 is 0 Å². The first-order chi connectivity index (χ1) is 9.61. The zero-order valence-corrected chi connectivity index (χ0v) is 13.7. The Hall–Kier alpha value is -0.990. The topological polar surface area (TPSA) is 12.0 Å². The molecule has 0 heterocycles. The predicted molar refractivity (Wildman–Crippen MR) is 89.7 cm³/mol. The quantitative estimate of drug-likeness (QED) is 0.741. The van der Waals surface area contributed by atoms with Gasteiger partial charge in [-0.05, 0) is 65.4 Å². The van der Waals surface area contributed by atoms with Crippen LogP contribution in [0.2, 0.25) is 5.02 Å². The third kappa shape index (κ3) is 3.02. The standard InChI is InChI=1S/C17H17BrClN/c1-11-2-4-12(5-3-11)13-8-15(9-13)20-17-10-14(19)6-7-16(17)18/h2-7,10,13,15,20H,8-9H2,1H3. The molecule has 104 valence electrons. The van der Waals surface area contributed by atoms with Crippen molar-refractivity contribution in [1.29, 1.82) is 0 Å². The van der Waals surface area contributed by atoms with E-state index < -0.39 is 0 Å². The number of rotatable bonds is 3. The van der Waals surface area contributed by atoms with Crippen molar-refractivity contribution < 1.29 is 0 Å². The van der Waals surface area contributed by atoms with Gasteiger partial charge in [0.1, 0.15) is 0 Å². The van der Waals surface area contributed by atoms with E-state index in [4.69, 9.17) is 11.6 Å². The molecule has 0 saturated heterocycles. The molecule has 0 amide bonds. The Morgan fingerprint density at radius 1 is 1.10 bits per heavy atom. The molecular formula is C17H17BrClN. The maximum Gasteiger partial charge on any atom is 0.0501 e. The molecule has 1 aliphatic carbocycles. The zero-order valence-electron chi connectivity index (χ0n) is 11.4. The molecule has 1 nitrogen and oxygen atoms in total. The molecule has 0 spiro atoms. The summed E-state index contributed by atoms with van der Waals surface area (Å²) >= 11 is 9.60. The molecule has 0 atom stereocenters. The van der Waals surface area contributed by atoms with Gasteiger partial charge in [-0.15, -0.1) is 0 Å². The SMILES string of the molecule is Cc1ccc(C2CC(Nc3cc(Cl)ccc3Br)C2)cc1. The fourth-order valence-corrected chi connectivity index (χ4v) is 3.21. The van der Waals surface area contributed by atoms with Crippen LogP contribution in [0.1, 0.15) is 29.9 Å². The van der Waals surface area contributed by atoms with Gasteiger partial charge in [0.2, 0.25) is 0 Å². The van der Waals surface area contributed by atoms with Gasteiger partial charge in [0, 0.05) is 15.5 Å². The third-order valence-electron chi connectivity index (χ3n) is 3.97. The largest absolute Gasteiger partial charge is 0.381 e. The highest BCUT2D eigenvalue weighted by molar-refractivity contribution is 9.10. The second kappa shape index (κ2) is 5.79. The van der Waals surface area contributed by atoms with E-state index in [2.05, 4.69) is 52.4 Å². The summed E-state index contributed by atoms with van der Waals surface area (Å²) in [5, 5.41) is 4.34. The van der Waals surface area contributed by atoms with Crippen molar-refractivity contribution in [3.05, 3.63) is 63.1 Å². The normalized spacial score (nSPS) is 21.4. The summed E-state index contributed by atoms with van der Waals surface area (Å²) in [6, 6.07) is 15.3. The second-order valence-electron chi connectivity index (χ2n) is 5.54. The summed E-state index contributed by atoms with van der Waals surface area (Å²) in [6.45, 7) is 2.13. The molecule has 1 N–H and O–H groups in total. The number of hydrogen-bond donors (Lipinski definition) is 1. The smallest absolute Gasteiger partial charge is 0.0501 e. The molecule has 1 saturated carbocycles. The van der Waals surface area contributed by atoms with Crippen molar-refractivity contribution >= 4 is 33.2 Å². The van der Waals surface area contributed by atoms with Gasteiger partial charge in [-0.25, -0.2) is 0 Å². The van der Waals surface area contributed by atoms with Crippen molar-refractivity contribution in [1.82, 2.24) is 0 Å². The van der Waals surface area contributed by atoms with Gasteiger partial charge in [0.15, 0.2) is 0 Å². The van der Waals surface area contributed by atoms with Crippen molar-refractivity contribution in [2.45, 2.75) is 31.7 Å². The van der Waals surface area contributed by atoms with Crippen molar-refractivity contribution in [2.24, 2.45) is 0 Å². The lowest BCUT2D eigenvalue weighted by molar-refractivity contribution is 0.374. The van der Waals surface area contributed by atoms with E-state index in [-0.39, 0.29) is 0 Å². The van der Waals surface area contributed by atoms with Gasteiger partial charge in [-0.3, -0.25) is 0 Å². The van der Waals surface area contributed by atoms with Crippen LogP contribution in [0.5, 0.6) is 0 Å². The first-order valence-corrected chi connectivity index (χ1v) is 8.07. The number of hydrogen-bond acceptors (Lipinski definition) is 1. The van der Waals surface area contributed by atoms with Gasteiger partial charge in [-0.1, -0.05) is 41.4 Å². The van der Waals surface area contributed by atoms with Crippen LogP contribution in [0.15, 0.2) is 46.9 Å². The van der Waals surface area contributed by atoms with Crippen LogP contribution in [-0.4, -0.2) is 6.04 Å². The molecule has 3 rings (SSSR count). The molecule has 0 bridgehead atoms. The van der Waals surface area contributed by atoms with E-state index in [1.807, 2.05) is 18.2 Å². The molecule has 20 heavy (non-hydrogen) atoms. The second-order valence-corrected chi connectivity index (χ2v) is 6.84. The van der Waals surface area contributed by atoms with Crippen molar-refractivity contribution in [3.8, 4) is 0 Å². The van der Waals surface area contributed by atoms with Gasteiger partial charge in [-0.2, -0.15) is 0 Å². The van der Waals surface area contributed by atoms with Crippen LogP contribution in [0.3, 0.4) is 0 Å². The molecule has 0 radical (unpaired) electrons. The monoisotopic (exact) mass is 349 g/mol. The summed E-state index contributed by atoms with van der Waals surface area (Å²) in [7, 11) is 0. The highest BCUT2D eigenvalue weighted by Crippen LogP contribution is 2.39. The minimum Gasteiger partial charge on any atom is -0.381 e. The van der Waals surface area contributed by atoms with Crippen molar-refractivity contribution in [3.63, 3.8) is 0 Å². The van der Waals surface area contributed by atoms with Crippen LogP contribution in [0.4, 0.5) is 5.69 Å². The number of nitrogens with one attached hydrogen (secondary N) is 1. The van der Waals surface area contributed by atoms with Crippen molar-refractivity contribution in [2.75, 3.05) is 5.32 Å². The molecular weight excluding hydrogens is 334 g/mol. The molecule has 3 heteroatoms. The molecule has 1 fully saturated rings. The Balaban J connectivity index is 1.60. The van der Waals surface area contributed by atoms with E-state index in [9.17, 15) is 0 Å². The van der Waals surface area contributed by atoms with E-state index in [1.165, 1.54) is 24.0 Å². The number of anilines is 1. The Morgan fingerprint density at radius 3 is 2.50 bits per heavy atom. The predicted octanol–water partition coefficient (Wildman–Crippen LogP) is 5.77. The number of aryl methyl sites for hydroxylation is 1. The van der Waals surface area contributed by atoms with Crippen LogP contribution in [-0.2, 0) is 0 Å². The summed E-state index contributed by atoms with van der Waals surface area (Å²) < 4.78 is 1.07. The lowest BCUT2D eigenvalue weighted by Gasteiger charge is -2.37. The number of halogens is 2.